The van der Waals surface area contributed by atoms with Gasteiger partial charge in [0.2, 0.25) is 5.91 Å². The van der Waals surface area contributed by atoms with Gasteiger partial charge in [0.25, 0.3) is 0 Å². The molecular weight excluding hydrogens is 422 g/mol. The first kappa shape index (κ1) is 21.5. The van der Waals surface area contributed by atoms with E-state index in [9.17, 15) is 4.79 Å². The Morgan fingerprint density at radius 2 is 1.72 bits per heavy atom. The van der Waals surface area contributed by atoms with E-state index in [2.05, 4.69) is 20.8 Å². The molecular formula is C24H23N5O2S. The van der Waals surface area contributed by atoms with Gasteiger partial charge in [-0.25, -0.2) is 0 Å². The van der Waals surface area contributed by atoms with Gasteiger partial charge in [0.15, 0.2) is 5.11 Å². The fourth-order valence-electron chi connectivity index (χ4n) is 3.27. The molecule has 4 rings (SSSR count). The summed E-state index contributed by atoms with van der Waals surface area (Å²) in [6.07, 6.45) is 0.261. The fraction of sp³-hybridized carbons (Fsp3) is 0.167. The molecule has 0 aliphatic heterocycles. The van der Waals surface area contributed by atoms with Gasteiger partial charge in [-0.2, -0.15) is 4.80 Å². The molecule has 1 heterocycles. The van der Waals surface area contributed by atoms with Crippen molar-refractivity contribution in [2.45, 2.75) is 20.3 Å². The van der Waals surface area contributed by atoms with E-state index in [1.165, 1.54) is 0 Å². The molecule has 0 atom stereocenters. The summed E-state index contributed by atoms with van der Waals surface area (Å²) in [5, 5.41) is 15.2. The van der Waals surface area contributed by atoms with Gasteiger partial charge >= 0.3 is 0 Å². The lowest BCUT2D eigenvalue weighted by molar-refractivity contribution is -0.119. The number of hydrogen-bond acceptors (Lipinski definition) is 5. The summed E-state index contributed by atoms with van der Waals surface area (Å²) in [5.41, 5.74) is 4.94. The third kappa shape index (κ3) is 5.09. The lowest BCUT2D eigenvalue weighted by atomic mass is 10.1. The molecule has 7 nitrogen and oxygen atoms in total. The van der Waals surface area contributed by atoms with E-state index < -0.39 is 0 Å². The van der Waals surface area contributed by atoms with Crippen LogP contribution in [0.3, 0.4) is 0 Å². The molecule has 0 fully saturated rings. The van der Waals surface area contributed by atoms with Gasteiger partial charge in [0.05, 0.1) is 18.7 Å². The number of amides is 1. The summed E-state index contributed by atoms with van der Waals surface area (Å²) in [4.78, 5) is 13.8. The first-order chi connectivity index (χ1) is 15.5. The number of thiocarbonyl (C=S) groups is 1. The minimum absolute atomic E-state index is 0.172. The summed E-state index contributed by atoms with van der Waals surface area (Å²) in [6.45, 7) is 4.52. The van der Waals surface area contributed by atoms with Crippen LogP contribution in [0.25, 0.3) is 16.7 Å². The van der Waals surface area contributed by atoms with Crippen molar-refractivity contribution < 1.29 is 9.53 Å². The molecule has 2 N–H and O–H groups in total. The van der Waals surface area contributed by atoms with E-state index in [1.54, 1.807) is 4.80 Å². The van der Waals surface area contributed by atoms with Crippen LogP contribution in [0.2, 0.25) is 0 Å². The Kier molecular flexibility index (Phi) is 6.42. The van der Waals surface area contributed by atoms with Gasteiger partial charge < -0.3 is 15.4 Å². The second-order valence-corrected chi connectivity index (χ2v) is 7.65. The summed E-state index contributed by atoms with van der Waals surface area (Å²) in [5.74, 6) is 0.631. The van der Waals surface area contributed by atoms with E-state index in [4.69, 9.17) is 17.0 Å². The molecule has 32 heavy (non-hydrogen) atoms. The predicted octanol–water partition coefficient (Wildman–Crippen LogP) is 4.18. The number of rotatable bonds is 6. The van der Waals surface area contributed by atoms with E-state index in [-0.39, 0.29) is 17.4 Å². The number of ether oxygens (including phenoxy) is 1. The van der Waals surface area contributed by atoms with Crippen LogP contribution >= 0.6 is 12.2 Å². The molecule has 0 radical (unpaired) electrons. The minimum atomic E-state index is -0.172. The highest BCUT2D eigenvalue weighted by Crippen LogP contribution is 2.23. The van der Waals surface area contributed by atoms with E-state index in [1.807, 2.05) is 80.6 Å². The Morgan fingerprint density at radius 1 is 1.03 bits per heavy atom. The van der Waals surface area contributed by atoms with Crippen molar-refractivity contribution in [1.29, 1.82) is 0 Å². The number of hydrogen-bond donors (Lipinski definition) is 2. The zero-order valence-electron chi connectivity index (χ0n) is 17.8. The Morgan fingerprint density at radius 3 is 2.41 bits per heavy atom. The zero-order chi connectivity index (χ0) is 22.5. The number of carbonyl (C=O) groups is 1. The number of anilines is 1. The smallest absolute Gasteiger partial charge is 0.230 e. The summed E-state index contributed by atoms with van der Waals surface area (Å²) >= 11 is 5.33. The van der Waals surface area contributed by atoms with E-state index in [0.717, 1.165) is 33.8 Å². The molecule has 162 valence electrons. The summed E-state index contributed by atoms with van der Waals surface area (Å²) < 4.78 is 5.48. The van der Waals surface area contributed by atoms with Crippen molar-refractivity contribution in [3.8, 4) is 11.4 Å². The van der Waals surface area contributed by atoms with Gasteiger partial charge in [-0.1, -0.05) is 30.3 Å². The Balaban J connectivity index is 1.46. The molecule has 0 unspecified atom stereocenters. The first-order valence-corrected chi connectivity index (χ1v) is 10.7. The highest BCUT2D eigenvalue weighted by Gasteiger charge is 2.11. The maximum absolute atomic E-state index is 12.3. The fourth-order valence-corrected chi connectivity index (χ4v) is 3.49. The van der Waals surface area contributed by atoms with Crippen LogP contribution in [0, 0.1) is 6.92 Å². The van der Waals surface area contributed by atoms with Crippen molar-refractivity contribution >= 4 is 40.0 Å². The normalized spacial score (nSPS) is 10.7. The third-order valence-corrected chi connectivity index (χ3v) is 5.02. The maximum Gasteiger partial charge on any atom is 0.230 e. The van der Waals surface area contributed by atoms with Crippen molar-refractivity contribution in [1.82, 2.24) is 20.3 Å². The first-order valence-electron chi connectivity index (χ1n) is 10.3. The number of nitrogens with one attached hydrogen (secondary N) is 2. The number of aryl methyl sites for hydroxylation is 1. The van der Waals surface area contributed by atoms with Gasteiger partial charge in [-0.15, -0.1) is 10.2 Å². The second kappa shape index (κ2) is 9.57. The van der Waals surface area contributed by atoms with Crippen LogP contribution < -0.4 is 15.4 Å². The molecule has 0 spiro atoms. The second-order valence-electron chi connectivity index (χ2n) is 7.24. The van der Waals surface area contributed by atoms with E-state index in [0.29, 0.717) is 12.1 Å². The molecule has 8 heteroatoms. The van der Waals surface area contributed by atoms with Crippen LogP contribution in [-0.2, 0) is 11.2 Å². The van der Waals surface area contributed by atoms with Crippen LogP contribution in [-0.4, -0.2) is 32.6 Å². The Bertz CT molecular complexity index is 1250. The average molecular weight is 446 g/mol. The molecule has 0 bridgehead atoms. The topological polar surface area (TPSA) is 81.1 Å². The SMILES string of the molecule is CCOc1ccc(-n2nc3cc(C)c(NC(=S)NC(=O)Cc4ccccc4)cc3n2)cc1. The monoisotopic (exact) mass is 445 g/mol. The minimum Gasteiger partial charge on any atom is -0.494 e. The Hall–Kier alpha value is -3.78. The third-order valence-electron chi connectivity index (χ3n) is 4.81. The largest absolute Gasteiger partial charge is 0.494 e. The van der Waals surface area contributed by atoms with Crippen LogP contribution in [0.5, 0.6) is 5.75 Å². The highest BCUT2D eigenvalue weighted by atomic mass is 32.1. The number of benzene rings is 3. The van der Waals surface area contributed by atoms with Crippen molar-refractivity contribution in [3.63, 3.8) is 0 Å². The van der Waals surface area contributed by atoms with Crippen molar-refractivity contribution in [3.05, 3.63) is 77.9 Å². The Labute approximate surface area is 191 Å². The maximum atomic E-state index is 12.3. The van der Waals surface area contributed by atoms with Gasteiger partial charge in [-0.3, -0.25) is 4.79 Å². The standard InChI is InChI=1S/C24H23N5O2S/c1-3-31-19-11-9-18(10-12-19)29-27-21-13-16(2)20(15-22(21)28-29)25-24(32)26-23(30)14-17-7-5-4-6-8-17/h4-13,15H,3,14H2,1-2H3,(H2,25,26,30,32). The van der Waals surface area contributed by atoms with Gasteiger partial charge in [0.1, 0.15) is 16.8 Å². The van der Waals surface area contributed by atoms with Crippen molar-refractivity contribution in [2.24, 2.45) is 0 Å². The number of carbonyl (C=O) groups excluding carboxylic acids is 1. The molecule has 4 aromatic rings. The lowest BCUT2D eigenvalue weighted by Gasteiger charge is -2.11. The van der Waals surface area contributed by atoms with Gasteiger partial charge in [-0.05, 0) is 73.6 Å². The summed E-state index contributed by atoms with van der Waals surface area (Å²) in [6, 6.07) is 20.9. The summed E-state index contributed by atoms with van der Waals surface area (Å²) in [7, 11) is 0. The zero-order valence-corrected chi connectivity index (χ0v) is 18.6. The molecule has 1 amide bonds. The average Bonchev–Trinajstić information content (AvgIpc) is 3.18. The molecule has 1 aromatic heterocycles. The van der Waals surface area contributed by atoms with Crippen LogP contribution in [0.15, 0.2) is 66.7 Å². The number of aromatic nitrogens is 3. The quantitative estimate of drug-likeness (QED) is 0.433. The lowest BCUT2D eigenvalue weighted by Crippen LogP contribution is -2.35. The molecule has 0 saturated heterocycles. The predicted molar refractivity (Wildman–Crippen MR) is 129 cm³/mol. The van der Waals surface area contributed by atoms with Crippen LogP contribution in [0.1, 0.15) is 18.1 Å². The van der Waals surface area contributed by atoms with E-state index >= 15 is 0 Å². The van der Waals surface area contributed by atoms with Crippen molar-refractivity contribution in [2.75, 3.05) is 11.9 Å². The van der Waals surface area contributed by atoms with Crippen LogP contribution in [0.4, 0.5) is 5.69 Å². The molecule has 0 aliphatic rings. The van der Waals surface area contributed by atoms with Gasteiger partial charge in [0, 0.05) is 5.69 Å². The number of fused-ring (bicyclic) bond motifs is 1. The number of nitrogens with zero attached hydrogens (tertiary/aromatic N) is 3. The molecule has 3 aromatic carbocycles. The molecule has 0 aliphatic carbocycles. The highest BCUT2D eigenvalue weighted by molar-refractivity contribution is 7.80. The molecule has 0 saturated carbocycles.